The molecule has 28 heavy (non-hydrogen) atoms. The number of rotatable bonds is 7. The Morgan fingerprint density at radius 1 is 1.07 bits per heavy atom. The lowest BCUT2D eigenvalue weighted by Crippen LogP contribution is -2.04. The molecule has 0 unspecified atom stereocenters. The van der Waals surface area contributed by atoms with Crippen molar-refractivity contribution in [3.63, 3.8) is 0 Å². The summed E-state index contributed by atoms with van der Waals surface area (Å²) in [6.07, 6.45) is 5.13. The van der Waals surface area contributed by atoms with Gasteiger partial charge in [-0.1, -0.05) is 25.5 Å². The van der Waals surface area contributed by atoms with E-state index in [9.17, 15) is 9.59 Å². The van der Waals surface area contributed by atoms with Gasteiger partial charge in [-0.25, -0.2) is 9.59 Å². The van der Waals surface area contributed by atoms with Crippen LogP contribution < -0.4 is 15.1 Å². The number of ether oxygens (including phenoxy) is 2. The zero-order valence-electron chi connectivity index (χ0n) is 15.9. The highest BCUT2D eigenvalue weighted by Crippen LogP contribution is 2.22. The second-order valence-electron chi connectivity index (χ2n) is 6.43. The molecule has 0 aliphatic carbocycles. The van der Waals surface area contributed by atoms with Crippen LogP contribution in [0.25, 0.3) is 17.0 Å². The molecule has 5 heteroatoms. The molecule has 2 aromatic carbocycles. The molecule has 3 rings (SSSR count). The minimum absolute atomic E-state index is 0.315. The highest BCUT2D eigenvalue weighted by Gasteiger charge is 2.06. The summed E-state index contributed by atoms with van der Waals surface area (Å²) in [6, 6.07) is 13.9. The van der Waals surface area contributed by atoms with E-state index in [0.29, 0.717) is 17.9 Å². The van der Waals surface area contributed by atoms with Crippen molar-refractivity contribution in [2.75, 3.05) is 6.61 Å². The average Bonchev–Trinajstić information content (AvgIpc) is 2.67. The van der Waals surface area contributed by atoms with Crippen molar-refractivity contribution in [2.24, 2.45) is 0 Å². The van der Waals surface area contributed by atoms with Crippen LogP contribution in [0.1, 0.15) is 30.9 Å². The first-order chi connectivity index (χ1) is 13.5. The molecule has 0 N–H and O–H groups in total. The maximum absolute atomic E-state index is 12.1. The highest BCUT2D eigenvalue weighted by atomic mass is 16.5. The van der Waals surface area contributed by atoms with E-state index in [0.717, 1.165) is 35.1 Å². The summed E-state index contributed by atoms with van der Waals surface area (Å²) in [6.45, 7) is 4.64. The minimum Gasteiger partial charge on any atom is -0.494 e. The Bertz CT molecular complexity index is 1040. The molecule has 0 bridgehead atoms. The molecule has 0 aliphatic heterocycles. The Morgan fingerprint density at radius 3 is 2.57 bits per heavy atom. The van der Waals surface area contributed by atoms with Gasteiger partial charge in [-0.05, 0) is 54.8 Å². The summed E-state index contributed by atoms with van der Waals surface area (Å²) in [4.78, 5) is 23.6. The Labute approximate surface area is 163 Å². The number of unbranched alkanes of at least 4 members (excludes halogenated alkanes) is 1. The van der Waals surface area contributed by atoms with E-state index in [1.807, 2.05) is 31.2 Å². The van der Waals surface area contributed by atoms with Crippen LogP contribution in [0.2, 0.25) is 0 Å². The van der Waals surface area contributed by atoms with E-state index in [2.05, 4.69) is 6.92 Å². The normalized spacial score (nSPS) is 11.1. The van der Waals surface area contributed by atoms with Crippen LogP contribution in [0, 0.1) is 6.92 Å². The first-order valence-corrected chi connectivity index (χ1v) is 9.22. The molecule has 0 fully saturated rings. The van der Waals surface area contributed by atoms with Crippen molar-refractivity contribution in [1.82, 2.24) is 0 Å². The molecule has 0 radical (unpaired) electrons. The molecule has 0 spiro atoms. The van der Waals surface area contributed by atoms with Gasteiger partial charge in [0.15, 0.2) is 0 Å². The molecular formula is C23H22O5. The van der Waals surface area contributed by atoms with Crippen molar-refractivity contribution < 1.29 is 18.7 Å². The van der Waals surface area contributed by atoms with Gasteiger partial charge in [0.05, 0.1) is 6.61 Å². The Balaban J connectivity index is 1.63. The molecule has 1 heterocycles. The van der Waals surface area contributed by atoms with Crippen molar-refractivity contribution in [1.29, 1.82) is 0 Å². The van der Waals surface area contributed by atoms with E-state index < -0.39 is 11.6 Å². The summed E-state index contributed by atoms with van der Waals surface area (Å²) in [5, 5.41) is 0.802. The van der Waals surface area contributed by atoms with Crippen LogP contribution in [-0.4, -0.2) is 12.6 Å². The molecule has 0 atom stereocenters. The summed E-state index contributed by atoms with van der Waals surface area (Å²) in [7, 11) is 0. The molecule has 1 aromatic heterocycles. The van der Waals surface area contributed by atoms with Gasteiger partial charge in [0.25, 0.3) is 0 Å². The number of carbonyl (C=O) groups excluding carboxylic acids is 1. The third kappa shape index (κ3) is 5.10. The molecule has 144 valence electrons. The predicted octanol–water partition coefficient (Wildman–Crippen LogP) is 4.90. The van der Waals surface area contributed by atoms with E-state index in [-0.39, 0.29) is 0 Å². The van der Waals surface area contributed by atoms with Crippen LogP contribution in [-0.2, 0) is 4.79 Å². The van der Waals surface area contributed by atoms with Crippen LogP contribution in [0.4, 0.5) is 0 Å². The second kappa shape index (κ2) is 9.04. The minimum atomic E-state index is -0.516. The largest absolute Gasteiger partial charge is 0.494 e. The van der Waals surface area contributed by atoms with Crippen LogP contribution in [0.15, 0.2) is 63.8 Å². The lowest BCUT2D eigenvalue weighted by Gasteiger charge is -2.05. The fourth-order valence-electron chi connectivity index (χ4n) is 2.69. The summed E-state index contributed by atoms with van der Waals surface area (Å²) < 4.78 is 16.1. The SMILES string of the molecule is CCCCOc1ccc(/C=C/C(=O)Oc2ccc3c(C)cc(=O)oc3c2)cc1. The average molecular weight is 378 g/mol. The van der Waals surface area contributed by atoms with Crippen molar-refractivity contribution in [2.45, 2.75) is 26.7 Å². The highest BCUT2D eigenvalue weighted by molar-refractivity contribution is 5.89. The Hall–Kier alpha value is -3.34. The Kier molecular flexibility index (Phi) is 6.27. The lowest BCUT2D eigenvalue weighted by molar-refractivity contribution is -0.128. The third-order valence-electron chi connectivity index (χ3n) is 4.20. The van der Waals surface area contributed by atoms with Crippen molar-refractivity contribution in [3.05, 3.63) is 76.2 Å². The molecule has 0 aliphatic rings. The fourth-order valence-corrected chi connectivity index (χ4v) is 2.69. The predicted molar refractivity (Wildman–Crippen MR) is 109 cm³/mol. The number of esters is 1. The topological polar surface area (TPSA) is 65.7 Å². The molecular weight excluding hydrogens is 356 g/mol. The van der Waals surface area contributed by atoms with E-state index in [4.69, 9.17) is 13.9 Å². The number of hydrogen-bond donors (Lipinski definition) is 0. The van der Waals surface area contributed by atoms with Gasteiger partial charge < -0.3 is 13.9 Å². The summed E-state index contributed by atoms with van der Waals surface area (Å²) >= 11 is 0. The van der Waals surface area contributed by atoms with Crippen LogP contribution >= 0.6 is 0 Å². The van der Waals surface area contributed by atoms with Crippen molar-refractivity contribution >= 4 is 23.0 Å². The molecule has 0 amide bonds. The third-order valence-corrected chi connectivity index (χ3v) is 4.20. The van der Waals surface area contributed by atoms with Crippen LogP contribution in [0.5, 0.6) is 11.5 Å². The van der Waals surface area contributed by atoms with Gasteiger partial charge in [0.2, 0.25) is 0 Å². The first-order valence-electron chi connectivity index (χ1n) is 9.22. The standard InChI is InChI=1S/C23H22O5/c1-3-4-13-26-18-8-5-17(6-9-18)7-12-22(24)27-19-10-11-20-16(2)14-23(25)28-21(20)15-19/h5-12,14-15H,3-4,13H2,1-2H3/b12-7+. The number of hydrogen-bond acceptors (Lipinski definition) is 5. The van der Waals surface area contributed by atoms with Gasteiger partial charge in [-0.3, -0.25) is 0 Å². The zero-order valence-corrected chi connectivity index (χ0v) is 15.9. The molecule has 0 saturated carbocycles. The monoisotopic (exact) mass is 378 g/mol. The van der Waals surface area contributed by atoms with Gasteiger partial charge >= 0.3 is 11.6 Å². The molecule has 5 nitrogen and oxygen atoms in total. The number of benzene rings is 2. The van der Waals surface area contributed by atoms with Gasteiger partial charge in [-0.2, -0.15) is 0 Å². The maximum atomic E-state index is 12.1. The van der Waals surface area contributed by atoms with Crippen LogP contribution in [0.3, 0.4) is 0 Å². The van der Waals surface area contributed by atoms with E-state index >= 15 is 0 Å². The number of aryl methyl sites for hydroxylation is 1. The number of fused-ring (bicyclic) bond motifs is 1. The molecule has 3 aromatic rings. The van der Waals surface area contributed by atoms with Gasteiger partial charge in [0, 0.05) is 23.6 Å². The maximum Gasteiger partial charge on any atom is 0.336 e. The van der Waals surface area contributed by atoms with E-state index in [1.165, 1.54) is 18.2 Å². The van der Waals surface area contributed by atoms with E-state index in [1.54, 1.807) is 18.2 Å². The quantitative estimate of drug-likeness (QED) is 0.192. The Morgan fingerprint density at radius 2 is 1.82 bits per heavy atom. The second-order valence-corrected chi connectivity index (χ2v) is 6.43. The first kappa shape index (κ1) is 19.4. The fraction of sp³-hybridized carbons (Fsp3) is 0.217. The van der Waals surface area contributed by atoms with Gasteiger partial charge in [-0.15, -0.1) is 0 Å². The zero-order chi connectivity index (χ0) is 19.9. The smallest absolute Gasteiger partial charge is 0.336 e. The van der Waals surface area contributed by atoms with Gasteiger partial charge in [0.1, 0.15) is 17.1 Å². The molecule has 0 saturated heterocycles. The lowest BCUT2D eigenvalue weighted by atomic mass is 10.1. The van der Waals surface area contributed by atoms with Crippen molar-refractivity contribution in [3.8, 4) is 11.5 Å². The summed E-state index contributed by atoms with van der Waals surface area (Å²) in [5.74, 6) is 0.606. The summed E-state index contributed by atoms with van der Waals surface area (Å²) in [5.41, 5.74) is 1.62. The number of carbonyl (C=O) groups is 1.